The van der Waals surface area contributed by atoms with Crippen LogP contribution in [0.1, 0.15) is 27.7 Å². The molecule has 0 spiro atoms. The molecule has 0 aromatic carbocycles. The lowest BCUT2D eigenvalue weighted by molar-refractivity contribution is -0.0707. The average molecular weight is 354 g/mol. The van der Waals surface area contributed by atoms with Gasteiger partial charge in [-0.1, -0.05) is 39.8 Å². The number of allylic oxidation sites excluding steroid dienone is 2. The van der Waals surface area contributed by atoms with Crippen molar-refractivity contribution in [1.29, 1.82) is 0 Å². The molecule has 0 amide bonds. The molecule has 0 unspecified atom stereocenters. The molecule has 6 nitrogen and oxygen atoms in total. The fourth-order valence-corrected chi connectivity index (χ4v) is 3.77. The maximum Gasteiger partial charge on any atom is 0.264 e. The molecule has 1 aliphatic carbocycles. The van der Waals surface area contributed by atoms with E-state index in [1.165, 1.54) is 0 Å². The molecule has 1 rings (SSSR count). The smallest absolute Gasteiger partial charge is 0.264 e. The summed E-state index contributed by atoms with van der Waals surface area (Å²) < 4.78 is 55.6. The summed E-state index contributed by atoms with van der Waals surface area (Å²) in [5, 5.41) is 0. The van der Waals surface area contributed by atoms with Gasteiger partial charge in [-0.15, -0.1) is 0 Å². The van der Waals surface area contributed by atoms with Crippen LogP contribution in [-0.4, -0.2) is 42.6 Å². The Kier molecular flexibility index (Phi) is 5.54. The molecule has 0 aliphatic heterocycles. The molecule has 0 radical (unpaired) electrons. The molecule has 0 saturated heterocycles. The standard InChI is InChI=1S/C14H26O6S2/c1-11-7-8-12(2)14(4,10-20-22(6,17)18)13(11,3)9-19-21(5,15)16/h7-8,11-12H,9-10H2,1-6H3/t11-,12-,13-,14+/m0/s1. The van der Waals surface area contributed by atoms with Gasteiger partial charge >= 0.3 is 0 Å². The monoisotopic (exact) mass is 354 g/mol. The Morgan fingerprint density at radius 3 is 1.32 bits per heavy atom. The van der Waals surface area contributed by atoms with Crippen molar-refractivity contribution in [3.05, 3.63) is 12.2 Å². The first-order chi connectivity index (χ1) is 9.71. The van der Waals surface area contributed by atoms with Gasteiger partial charge in [0.05, 0.1) is 25.7 Å². The molecule has 4 atom stereocenters. The first-order valence-corrected chi connectivity index (χ1v) is 10.7. The summed E-state index contributed by atoms with van der Waals surface area (Å²) in [5.74, 6) is 0.0252. The molecule has 8 heteroatoms. The fraction of sp³-hybridized carbons (Fsp3) is 0.857. The third-order valence-corrected chi connectivity index (χ3v) is 6.24. The predicted molar refractivity (Wildman–Crippen MR) is 85.3 cm³/mol. The molecule has 22 heavy (non-hydrogen) atoms. The highest BCUT2D eigenvalue weighted by Crippen LogP contribution is 2.54. The summed E-state index contributed by atoms with van der Waals surface area (Å²) in [6.07, 6.45) is 6.04. The Hall–Kier alpha value is -0.440. The molecule has 0 saturated carbocycles. The van der Waals surface area contributed by atoms with Gasteiger partial charge in [-0.2, -0.15) is 16.8 Å². The Morgan fingerprint density at radius 2 is 1.09 bits per heavy atom. The Balaban J connectivity index is 3.18. The van der Waals surface area contributed by atoms with Crippen molar-refractivity contribution in [2.75, 3.05) is 25.7 Å². The van der Waals surface area contributed by atoms with Crippen LogP contribution in [0.4, 0.5) is 0 Å². The minimum atomic E-state index is -3.58. The first-order valence-electron chi connectivity index (χ1n) is 7.08. The van der Waals surface area contributed by atoms with Gasteiger partial charge in [0, 0.05) is 10.8 Å². The summed E-state index contributed by atoms with van der Waals surface area (Å²) in [7, 11) is -7.16. The lowest BCUT2D eigenvalue weighted by Crippen LogP contribution is -2.53. The Morgan fingerprint density at radius 1 is 0.818 bits per heavy atom. The molecule has 0 N–H and O–H groups in total. The maximum atomic E-state index is 11.4. The van der Waals surface area contributed by atoms with Gasteiger partial charge < -0.3 is 0 Å². The summed E-state index contributed by atoms with van der Waals surface area (Å²) in [5.41, 5.74) is -1.18. The summed E-state index contributed by atoms with van der Waals surface area (Å²) in [6, 6.07) is 0. The molecular weight excluding hydrogens is 328 g/mol. The van der Waals surface area contributed by atoms with Gasteiger partial charge in [-0.05, 0) is 11.8 Å². The highest BCUT2D eigenvalue weighted by molar-refractivity contribution is 7.86. The van der Waals surface area contributed by atoms with E-state index < -0.39 is 31.1 Å². The van der Waals surface area contributed by atoms with Crippen molar-refractivity contribution in [2.24, 2.45) is 22.7 Å². The van der Waals surface area contributed by atoms with Crippen molar-refractivity contribution in [3.8, 4) is 0 Å². The summed E-state index contributed by atoms with van der Waals surface area (Å²) in [4.78, 5) is 0. The van der Waals surface area contributed by atoms with Gasteiger partial charge in [0.25, 0.3) is 20.2 Å². The SMILES string of the molecule is C[C@H]1C=C[C@H](C)[C@@](C)(COS(C)(=O)=O)[C@@]1(C)COS(C)(=O)=O. The second-order valence-electron chi connectivity index (χ2n) is 6.73. The molecule has 0 heterocycles. The van der Waals surface area contributed by atoms with E-state index in [1.54, 1.807) is 0 Å². The van der Waals surface area contributed by atoms with Gasteiger partial charge in [-0.3, -0.25) is 8.37 Å². The molecule has 1 aliphatic rings. The average Bonchev–Trinajstić information content (AvgIpc) is 2.35. The quantitative estimate of drug-likeness (QED) is 0.534. The normalized spacial score (nSPS) is 36.5. The van der Waals surface area contributed by atoms with Crippen LogP contribution in [0.25, 0.3) is 0 Å². The molecule has 0 aromatic rings. The van der Waals surface area contributed by atoms with Crippen LogP contribution in [0.3, 0.4) is 0 Å². The van der Waals surface area contributed by atoms with Crippen molar-refractivity contribution in [1.82, 2.24) is 0 Å². The predicted octanol–water partition coefficient (Wildman–Crippen LogP) is 1.79. The van der Waals surface area contributed by atoms with E-state index in [4.69, 9.17) is 8.37 Å². The number of hydrogen-bond donors (Lipinski definition) is 0. The summed E-state index contributed by atoms with van der Waals surface area (Å²) in [6.45, 7) is 7.71. The zero-order chi connectivity index (χ0) is 17.4. The van der Waals surface area contributed by atoms with Crippen molar-refractivity contribution >= 4 is 20.2 Å². The molecular formula is C14H26O6S2. The zero-order valence-electron chi connectivity index (χ0n) is 14.0. The zero-order valence-corrected chi connectivity index (χ0v) is 15.6. The van der Waals surface area contributed by atoms with Crippen LogP contribution < -0.4 is 0 Å². The van der Waals surface area contributed by atoms with Crippen molar-refractivity contribution < 1.29 is 25.2 Å². The van der Waals surface area contributed by atoms with Crippen LogP contribution in [0, 0.1) is 22.7 Å². The van der Waals surface area contributed by atoms with Crippen LogP contribution in [0.2, 0.25) is 0 Å². The van der Waals surface area contributed by atoms with Crippen molar-refractivity contribution in [3.63, 3.8) is 0 Å². The molecule has 0 fully saturated rings. The van der Waals surface area contributed by atoms with E-state index in [2.05, 4.69) is 0 Å². The topological polar surface area (TPSA) is 86.7 Å². The lowest BCUT2D eigenvalue weighted by Gasteiger charge is -2.53. The molecule has 0 bridgehead atoms. The largest absolute Gasteiger partial charge is 0.270 e. The van der Waals surface area contributed by atoms with Crippen LogP contribution >= 0.6 is 0 Å². The van der Waals surface area contributed by atoms with E-state index in [0.717, 1.165) is 12.5 Å². The lowest BCUT2D eigenvalue weighted by atomic mass is 9.53. The number of hydrogen-bond acceptors (Lipinski definition) is 6. The van der Waals surface area contributed by atoms with E-state index in [9.17, 15) is 16.8 Å². The minimum absolute atomic E-state index is 0.0126. The Labute approximate surface area is 134 Å². The summed E-state index contributed by atoms with van der Waals surface area (Å²) >= 11 is 0. The van der Waals surface area contributed by atoms with Gasteiger partial charge in [0.2, 0.25) is 0 Å². The van der Waals surface area contributed by atoms with Crippen molar-refractivity contribution in [2.45, 2.75) is 27.7 Å². The van der Waals surface area contributed by atoms with E-state index in [-0.39, 0.29) is 25.0 Å². The maximum absolute atomic E-state index is 11.4. The van der Waals surface area contributed by atoms with Gasteiger partial charge in [0.15, 0.2) is 0 Å². The van der Waals surface area contributed by atoms with E-state index >= 15 is 0 Å². The van der Waals surface area contributed by atoms with Gasteiger partial charge in [-0.25, -0.2) is 0 Å². The van der Waals surface area contributed by atoms with Crippen LogP contribution in [0.15, 0.2) is 12.2 Å². The molecule has 130 valence electrons. The fourth-order valence-electron chi connectivity index (χ4n) is 2.85. The molecule has 0 aromatic heterocycles. The second-order valence-corrected chi connectivity index (χ2v) is 10.0. The van der Waals surface area contributed by atoms with E-state index in [1.807, 2.05) is 39.8 Å². The first kappa shape index (κ1) is 19.6. The van der Waals surface area contributed by atoms with Crippen LogP contribution in [0.5, 0.6) is 0 Å². The van der Waals surface area contributed by atoms with Gasteiger partial charge in [0.1, 0.15) is 0 Å². The Bertz CT molecular complexity index is 580. The highest BCUT2D eigenvalue weighted by Gasteiger charge is 2.53. The second kappa shape index (κ2) is 6.22. The number of rotatable bonds is 6. The highest BCUT2D eigenvalue weighted by atomic mass is 32.2. The third kappa shape index (κ3) is 4.31. The third-order valence-electron chi connectivity index (χ3n) is 5.15. The van der Waals surface area contributed by atoms with E-state index in [0.29, 0.717) is 0 Å². The minimum Gasteiger partial charge on any atom is -0.270 e. The van der Waals surface area contributed by atoms with Crippen LogP contribution in [-0.2, 0) is 28.6 Å².